The molecule has 3 rings (SSSR count). The Bertz CT molecular complexity index is 663. The average molecular weight is 357 g/mol. The van der Waals surface area contributed by atoms with Crippen LogP contribution in [-0.4, -0.2) is 29.1 Å². The lowest BCUT2D eigenvalue weighted by Gasteiger charge is -2.27. The molecule has 2 aliphatic rings. The van der Waals surface area contributed by atoms with Crippen molar-refractivity contribution < 1.29 is 19.6 Å². The fourth-order valence-corrected chi connectivity index (χ4v) is 3.96. The first-order chi connectivity index (χ1) is 12.5. The lowest BCUT2D eigenvalue weighted by Crippen LogP contribution is -2.34. The molecule has 0 spiro atoms. The molecule has 1 fully saturated rings. The standard InChI is InChI=1S/C20H28BNO4/c1-14(23)8-20-5-3-2-4-18(21(25)26-20)11-19(24)10-15-6-7-16-12-22-13-17(16)9-15/h6-7,9,18,20,22-23,25H,1-5,8,10-13H2/t18-,20-/m1/s1. The number of hydrogen-bond acceptors (Lipinski definition) is 5. The average Bonchev–Trinajstić information content (AvgIpc) is 3.03. The van der Waals surface area contributed by atoms with E-state index in [1.807, 2.05) is 6.07 Å². The van der Waals surface area contributed by atoms with Gasteiger partial charge in [-0.05, 0) is 23.1 Å². The topological polar surface area (TPSA) is 78.8 Å². The van der Waals surface area contributed by atoms with E-state index >= 15 is 0 Å². The predicted octanol–water partition coefficient (Wildman–Crippen LogP) is 3.06. The lowest BCUT2D eigenvalue weighted by molar-refractivity contribution is -0.118. The molecular weight excluding hydrogens is 329 g/mol. The number of aliphatic hydroxyl groups excluding tert-OH is 1. The van der Waals surface area contributed by atoms with Crippen LogP contribution in [0.3, 0.4) is 0 Å². The van der Waals surface area contributed by atoms with Gasteiger partial charge in [0.2, 0.25) is 0 Å². The van der Waals surface area contributed by atoms with Gasteiger partial charge in [0, 0.05) is 44.3 Å². The highest BCUT2D eigenvalue weighted by molar-refractivity contribution is 6.45. The summed E-state index contributed by atoms with van der Waals surface area (Å²) in [5.41, 5.74) is 3.62. The van der Waals surface area contributed by atoms with Crippen LogP contribution in [0.4, 0.5) is 0 Å². The third kappa shape index (κ3) is 5.19. The molecule has 1 saturated heterocycles. The number of ketones is 1. The third-order valence-corrected chi connectivity index (χ3v) is 5.34. The Balaban J connectivity index is 1.56. The van der Waals surface area contributed by atoms with Gasteiger partial charge in [0.15, 0.2) is 0 Å². The van der Waals surface area contributed by atoms with E-state index < -0.39 is 7.12 Å². The van der Waals surface area contributed by atoms with E-state index in [0.717, 1.165) is 44.3 Å². The summed E-state index contributed by atoms with van der Waals surface area (Å²) in [5, 5.41) is 23.1. The molecule has 3 N–H and O–H groups in total. The van der Waals surface area contributed by atoms with Crippen molar-refractivity contribution in [3.63, 3.8) is 0 Å². The van der Waals surface area contributed by atoms with Crippen molar-refractivity contribution in [1.29, 1.82) is 0 Å². The van der Waals surface area contributed by atoms with E-state index in [1.54, 1.807) is 0 Å². The van der Waals surface area contributed by atoms with Crippen molar-refractivity contribution in [2.24, 2.45) is 0 Å². The molecule has 0 aromatic heterocycles. The Morgan fingerprint density at radius 2 is 2.00 bits per heavy atom. The molecule has 0 bridgehead atoms. The maximum atomic E-state index is 12.5. The summed E-state index contributed by atoms with van der Waals surface area (Å²) < 4.78 is 5.70. The maximum Gasteiger partial charge on any atom is 0.458 e. The number of carbonyl (C=O) groups is 1. The zero-order chi connectivity index (χ0) is 18.5. The van der Waals surface area contributed by atoms with Gasteiger partial charge in [0.25, 0.3) is 0 Å². The van der Waals surface area contributed by atoms with Gasteiger partial charge in [-0.2, -0.15) is 0 Å². The number of fused-ring (bicyclic) bond motifs is 1. The Kier molecular flexibility index (Phi) is 6.51. The van der Waals surface area contributed by atoms with Crippen molar-refractivity contribution in [3.05, 3.63) is 47.2 Å². The largest absolute Gasteiger partial charge is 0.513 e. The van der Waals surface area contributed by atoms with E-state index in [1.165, 1.54) is 11.1 Å². The van der Waals surface area contributed by atoms with E-state index in [0.29, 0.717) is 19.3 Å². The minimum absolute atomic E-state index is 0.0708. The molecule has 0 saturated carbocycles. The Morgan fingerprint density at radius 3 is 2.81 bits per heavy atom. The van der Waals surface area contributed by atoms with Gasteiger partial charge < -0.3 is 20.1 Å². The van der Waals surface area contributed by atoms with Gasteiger partial charge in [0.1, 0.15) is 5.78 Å². The van der Waals surface area contributed by atoms with Crippen molar-refractivity contribution in [2.45, 2.75) is 70.0 Å². The normalized spacial score (nSPS) is 23.2. The van der Waals surface area contributed by atoms with Gasteiger partial charge in [0.05, 0.1) is 5.76 Å². The molecule has 1 aromatic rings. The van der Waals surface area contributed by atoms with E-state index in [2.05, 4.69) is 24.0 Å². The number of benzene rings is 1. The second kappa shape index (κ2) is 8.84. The smallest absolute Gasteiger partial charge is 0.458 e. The summed E-state index contributed by atoms with van der Waals surface area (Å²) in [5.74, 6) is 0.0158. The molecular formula is C20H28BNO4. The Hall–Kier alpha value is -1.63. The van der Waals surface area contributed by atoms with Crippen LogP contribution in [0.5, 0.6) is 0 Å². The summed E-state index contributed by atoms with van der Waals surface area (Å²) in [7, 11) is -0.965. The lowest BCUT2D eigenvalue weighted by atomic mass is 9.65. The number of nitrogens with one attached hydrogen (secondary N) is 1. The molecule has 0 unspecified atom stereocenters. The van der Waals surface area contributed by atoms with Crippen LogP contribution in [-0.2, 0) is 29.0 Å². The minimum Gasteiger partial charge on any atom is -0.513 e. The molecule has 2 aliphatic heterocycles. The van der Waals surface area contributed by atoms with Crippen molar-refractivity contribution in [3.8, 4) is 0 Å². The monoisotopic (exact) mass is 357 g/mol. The SMILES string of the molecule is C=C(O)C[C@H]1CCCC[C@H](CC(=O)Cc2ccc3c(c2)CNC3)B(O)O1. The summed E-state index contributed by atoms with van der Waals surface area (Å²) in [6.07, 6.45) is 4.32. The van der Waals surface area contributed by atoms with Gasteiger partial charge in [-0.3, -0.25) is 4.79 Å². The quantitative estimate of drug-likeness (QED) is 0.539. The first-order valence-corrected chi connectivity index (χ1v) is 9.54. The molecule has 0 aliphatic carbocycles. The number of carbonyl (C=O) groups excluding carboxylic acids is 1. The molecule has 140 valence electrons. The minimum atomic E-state index is -0.965. The van der Waals surface area contributed by atoms with Crippen molar-refractivity contribution in [2.75, 3.05) is 0 Å². The van der Waals surface area contributed by atoms with E-state index in [-0.39, 0.29) is 23.5 Å². The molecule has 2 atom stereocenters. The highest BCUT2D eigenvalue weighted by Gasteiger charge is 2.33. The molecule has 26 heavy (non-hydrogen) atoms. The third-order valence-electron chi connectivity index (χ3n) is 5.34. The number of aliphatic hydroxyl groups is 1. The molecule has 1 aromatic carbocycles. The zero-order valence-corrected chi connectivity index (χ0v) is 15.2. The Labute approximate surface area is 155 Å². The first kappa shape index (κ1) is 19.1. The second-order valence-electron chi connectivity index (χ2n) is 7.59. The van der Waals surface area contributed by atoms with Gasteiger partial charge >= 0.3 is 7.12 Å². The number of Topliss-reactive ketones (excluding diaryl/α,β-unsaturated/α-hetero) is 1. The number of rotatable bonds is 6. The maximum absolute atomic E-state index is 12.5. The molecule has 6 heteroatoms. The highest BCUT2D eigenvalue weighted by Crippen LogP contribution is 2.29. The Morgan fingerprint density at radius 1 is 1.23 bits per heavy atom. The molecule has 0 amide bonds. The molecule has 5 nitrogen and oxygen atoms in total. The van der Waals surface area contributed by atoms with Crippen LogP contribution in [0.25, 0.3) is 0 Å². The number of hydrogen-bond donors (Lipinski definition) is 3. The van der Waals surface area contributed by atoms with Crippen molar-refractivity contribution >= 4 is 12.9 Å². The summed E-state index contributed by atoms with van der Waals surface area (Å²) in [4.78, 5) is 12.5. The van der Waals surface area contributed by atoms with Crippen LogP contribution >= 0.6 is 0 Å². The van der Waals surface area contributed by atoms with Crippen molar-refractivity contribution in [1.82, 2.24) is 5.32 Å². The molecule has 0 radical (unpaired) electrons. The summed E-state index contributed by atoms with van der Waals surface area (Å²) >= 11 is 0. The first-order valence-electron chi connectivity index (χ1n) is 9.54. The van der Waals surface area contributed by atoms with E-state index in [4.69, 9.17) is 4.65 Å². The highest BCUT2D eigenvalue weighted by atomic mass is 16.5. The fourth-order valence-electron chi connectivity index (χ4n) is 3.96. The van der Waals surface area contributed by atoms with Crippen LogP contribution in [0.2, 0.25) is 5.82 Å². The summed E-state index contributed by atoms with van der Waals surface area (Å²) in [6.45, 7) is 5.27. The zero-order valence-electron chi connectivity index (χ0n) is 15.2. The summed E-state index contributed by atoms with van der Waals surface area (Å²) in [6, 6.07) is 6.23. The predicted molar refractivity (Wildman–Crippen MR) is 102 cm³/mol. The van der Waals surface area contributed by atoms with Crippen LogP contribution in [0.15, 0.2) is 30.5 Å². The van der Waals surface area contributed by atoms with E-state index in [9.17, 15) is 14.9 Å². The van der Waals surface area contributed by atoms with Crippen LogP contribution in [0.1, 0.15) is 55.2 Å². The van der Waals surface area contributed by atoms with Gasteiger partial charge in [-0.25, -0.2) is 0 Å². The van der Waals surface area contributed by atoms with Gasteiger partial charge in [-0.1, -0.05) is 44.0 Å². The molecule has 2 heterocycles. The van der Waals surface area contributed by atoms with Crippen LogP contribution in [0, 0.1) is 0 Å². The van der Waals surface area contributed by atoms with Crippen LogP contribution < -0.4 is 5.32 Å². The second-order valence-corrected chi connectivity index (χ2v) is 7.59. The fraction of sp³-hybridized carbons (Fsp3) is 0.550. The van der Waals surface area contributed by atoms with Gasteiger partial charge in [-0.15, -0.1) is 0 Å².